The van der Waals surface area contributed by atoms with Gasteiger partial charge in [-0.25, -0.2) is 4.39 Å². The SMILES string of the molecule is Cc1ccc2c(c1)-c1ccc3c(c1CC2CCc1ccccc1F)CCC=C3. The van der Waals surface area contributed by atoms with E-state index in [0.29, 0.717) is 5.92 Å². The molecule has 2 aliphatic rings. The summed E-state index contributed by atoms with van der Waals surface area (Å²) in [4.78, 5) is 0. The summed E-state index contributed by atoms with van der Waals surface area (Å²) in [5, 5.41) is 0. The number of benzene rings is 3. The molecule has 0 nitrogen and oxygen atoms in total. The molecule has 1 heteroatoms. The van der Waals surface area contributed by atoms with Crippen molar-refractivity contribution in [3.8, 4) is 11.1 Å². The van der Waals surface area contributed by atoms with Crippen molar-refractivity contribution in [1.29, 1.82) is 0 Å². The van der Waals surface area contributed by atoms with Crippen molar-refractivity contribution in [2.24, 2.45) is 0 Å². The van der Waals surface area contributed by atoms with Gasteiger partial charge >= 0.3 is 0 Å². The fourth-order valence-corrected chi connectivity index (χ4v) is 4.99. The van der Waals surface area contributed by atoms with E-state index in [2.05, 4.69) is 49.4 Å². The molecule has 2 aliphatic carbocycles. The minimum absolute atomic E-state index is 0.0784. The number of halogens is 1. The van der Waals surface area contributed by atoms with Gasteiger partial charge in [-0.15, -0.1) is 0 Å². The predicted molar refractivity (Wildman–Crippen MR) is 115 cm³/mol. The maximum absolute atomic E-state index is 14.1. The van der Waals surface area contributed by atoms with Crippen LogP contribution >= 0.6 is 0 Å². The third kappa shape index (κ3) is 2.99. The summed E-state index contributed by atoms with van der Waals surface area (Å²) in [7, 11) is 0. The van der Waals surface area contributed by atoms with Crippen LogP contribution in [0, 0.1) is 12.7 Å². The smallest absolute Gasteiger partial charge is 0.126 e. The molecule has 0 amide bonds. The van der Waals surface area contributed by atoms with Crippen LogP contribution < -0.4 is 0 Å². The average molecular weight is 368 g/mol. The largest absolute Gasteiger partial charge is 0.207 e. The zero-order chi connectivity index (χ0) is 19.1. The third-order valence-corrected chi connectivity index (χ3v) is 6.44. The molecule has 1 unspecified atom stereocenters. The Balaban J connectivity index is 1.56. The van der Waals surface area contributed by atoms with Crippen molar-refractivity contribution < 1.29 is 4.39 Å². The summed E-state index contributed by atoms with van der Waals surface area (Å²) in [5.74, 6) is 0.366. The second kappa shape index (κ2) is 7.05. The number of hydrogen-bond donors (Lipinski definition) is 0. The summed E-state index contributed by atoms with van der Waals surface area (Å²) in [6.07, 6.45) is 9.66. The Labute approximate surface area is 166 Å². The van der Waals surface area contributed by atoms with Crippen LogP contribution in [-0.4, -0.2) is 0 Å². The van der Waals surface area contributed by atoms with Crippen LogP contribution in [0.4, 0.5) is 4.39 Å². The normalized spacial score (nSPS) is 17.0. The highest BCUT2D eigenvalue weighted by atomic mass is 19.1. The molecular formula is C27H25F. The van der Waals surface area contributed by atoms with Gasteiger partial charge in [0.2, 0.25) is 0 Å². The molecule has 0 N–H and O–H groups in total. The summed E-state index contributed by atoms with van der Waals surface area (Å²) < 4.78 is 14.1. The molecule has 140 valence electrons. The zero-order valence-corrected chi connectivity index (χ0v) is 16.3. The van der Waals surface area contributed by atoms with Crippen LogP contribution in [0.25, 0.3) is 17.2 Å². The van der Waals surface area contributed by atoms with Gasteiger partial charge in [-0.05, 0) is 90.0 Å². The van der Waals surface area contributed by atoms with Crippen LogP contribution in [0.3, 0.4) is 0 Å². The van der Waals surface area contributed by atoms with E-state index in [1.807, 2.05) is 12.1 Å². The number of rotatable bonds is 3. The lowest BCUT2D eigenvalue weighted by molar-refractivity contribution is 0.574. The van der Waals surface area contributed by atoms with E-state index < -0.39 is 0 Å². The Morgan fingerprint density at radius 1 is 0.964 bits per heavy atom. The molecule has 0 saturated heterocycles. The maximum atomic E-state index is 14.1. The van der Waals surface area contributed by atoms with Gasteiger partial charge in [0.05, 0.1) is 0 Å². The molecule has 3 aromatic rings. The van der Waals surface area contributed by atoms with E-state index in [9.17, 15) is 4.39 Å². The quantitative estimate of drug-likeness (QED) is 0.465. The van der Waals surface area contributed by atoms with E-state index in [0.717, 1.165) is 37.7 Å². The minimum Gasteiger partial charge on any atom is -0.207 e. The topological polar surface area (TPSA) is 0 Å². The van der Waals surface area contributed by atoms with E-state index >= 15 is 0 Å². The highest BCUT2D eigenvalue weighted by Gasteiger charge is 2.27. The van der Waals surface area contributed by atoms with E-state index in [1.165, 1.54) is 38.9 Å². The molecule has 0 saturated carbocycles. The molecule has 0 heterocycles. The lowest BCUT2D eigenvalue weighted by atomic mass is 9.73. The first kappa shape index (κ1) is 17.4. The second-order valence-corrected chi connectivity index (χ2v) is 8.22. The van der Waals surface area contributed by atoms with Crippen molar-refractivity contribution in [3.05, 3.63) is 99.9 Å². The molecule has 3 aromatic carbocycles. The van der Waals surface area contributed by atoms with Crippen LogP contribution in [0.5, 0.6) is 0 Å². The number of fused-ring (bicyclic) bond motifs is 5. The van der Waals surface area contributed by atoms with Crippen LogP contribution in [-0.2, 0) is 19.3 Å². The van der Waals surface area contributed by atoms with Crippen LogP contribution in [0.2, 0.25) is 0 Å². The van der Waals surface area contributed by atoms with Crippen molar-refractivity contribution >= 4 is 6.08 Å². The summed E-state index contributed by atoms with van der Waals surface area (Å²) >= 11 is 0. The molecule has 0 fully saturated rings. The van der Waals surface area contributed by atoms with Crippen molar-refractivity contribution in [2.75, 3.05) is 0 Å². The molecule has 28 heavy (non-hydrogen) atoms. The van der Waals surface area contributed by atoms with Gasteiger partial charge in [0.1, 0.15) is 5.82 Å². The van der Waals surface area contributed by atoms with Gasteiger partial charge in [0.15, 0.2) is 0 Å². The molecular weight excluding hydrogens is 343 g/mol. The van der Waals surface area contributed by atoms with E-state index in [1.54, 1.807) is 12.1 Å². The fraction of sp³-hybridized carbons (Fsp3) is 0.259. The van der Waals surface area contributed by atoms with E-state index in [4.69, 9.17) is 0 Å². The summed E-state index contributed by atoms with van der Waals surface area (Å²) in [6.45, 7) is 2.17. The first-order valence-electron chi connectivity index (χ1n) is 10.4. The van der Waals surface area contributed by atoms with Gasteiger partial charge < -0.3 is 0 Å². The van der Waals surface area contributed by atoms with Crippen LogP contribution in [0.1, 0.15) is 52.1 Å². The van der Waals surface area contributed by atoms with Gasteiger partial charge in [-0.2, -0.15) is 0 Å². The number of hydrogen-bond acceptors (Lipinski definition) is 0. The maximum Gasteiger partial charge on any atom is 0.126 e. The molecule has 0 aromatic heterocycles. The average Bonchev–Trinajstić information content (AvgIpc) is 2.72. The first-order chi connectivity index (χ1) is 13.7. The third-order valence-electron chi connectivity index (χ3n) is 6.44. The molecule has 0 bridgehead atoms. The molecule has 0 radical (unpaired) electrons. The molecule has 0 aliphatic heterocycles. The van der Waals surface area contributed by atoms with Crippen molar-refractivity contribution in [3.63, 3.8) is 0 Å². The van der Waals surface area contributed by atoms with Crippen molar-refractivity contribution in [2.45, 2.75) is 44.9 Å². The highest BCUT2D eigenvalue weighted by Crippen LogP contribution is 2.44. The number of allylic oxidation sites excluding steroid dienone is 1. The van der Waals surface area contributed by atoms with Gasteiger partial charge in [-0.1, -0.05) is 66.2 Å². The Hall–Kier alpha value is -2.67. The summed E-state index contributed by atoms with van der Waals surface area (Å²) in [5.41, 5.74) is 10.8. The highest BCUT2D eigenvalue weighted by molar-refractivity contribution is 5.78. The zero-order valence-electron chi connectivity index (χ0n) is 16.3. The fourth-order valence-electron chi connectivity index (χ4n) is 4.99. The Morgan fingerprint density at radius 3 is 2.75 bits per heavy atom. The van der Waals surface area contributed by atoms with Gasteiger partial charge in [-0.3, -0.25) is 0 Å². The molecule has 5 rings (SSSR count). The predicted octanol–water partition coefficient (Wildman–Crippen LogP) is 7.03. The Morgan fingerprint density at radius 2 is 1.86 bits per heavy atom. The standard InChI is InChI=1S/C27H25F/c1-18-10-14-23-21(12-11-20-7-3-5-9-27(20)28)17-26-22-8-4-2-6-19(22)13-15-24(26)25(23)16-18/h2-3,5-7,9-10,13-16,21H,4,8,11-12,17H2,1H3. The molecule has 0 spiro atoms. The monoisotopic (exact) mass is 368 g/mol. The Bertz CT molecular complexity index is 1070. The van der Waals surface area contributed by atoms with Gasteiger partial charge in [0.25, 0.3) is 0 Å². The van der Waals surface area contributed by atoms with Crippen LogP contribution in [0.15, 0.2) is 60.7 Å². The molecule has 1 atom stereocenters. The summed E-state index contributed by atoms with van der Waals surface area (Å²) in [6, 6.07) is 18.7. The first-order valence-corrected chi connectivity index (χ1v) is 10.4. The lowest BCUT2D eigenvalue weighted by Crippen LogP contribution is -2.16. The number of aryl methyl sites for hydroxylation is 2. The lowest BCUT2D eigenvalue weighted by Gasteiger charge is -2.31. The van der Waals surface area contributed by atoms with Crippen molar-refractivity contribution in [1.82, 2.24) is 0 Å². The minimum atomic E-state index is -0.0784. The van der Waals surface area contributed by atoms with E-state index in [-0.39, 0.29) is 5.82 Å². The Kier molecular flexibility index (Phi) is 4.39. The van der Waals surface area contributed by atoms with Gasteiger partial charge in [0, 0.05) is 0 Å². The second-order valence-electron chi connectivity index (χ2n) is 8.22.